The van der Waals surface area contributed by atoms with Crippen molar-refractivity contribution in [3.05, 3.63) is 18.3 Å². The topological polar surface area (TPSA) is 66.0 Å². The van der Waals surface area contributed by atoms with Gasteiger partial charge in [-0.3, -0.25) is 9.59 Å². The summed E-state index contributed by atoms with van der Waals surface area (Å²) in [6.45, 7) is 2.92. The van der Waals surface area contributed by atoms with E-state index in [0.717, 1.165) is 31.1 Å². The van der Waals surface area contributed by atoms with Gasteiger partial charge in [0.05, 0.1) is 13.3 Å². The van der Waals surface area contributed by atoms with Gasteiger partial charge in [-0.25, -0.2) is 4.98 Å². The fraction of sp³-hybridized carbons (Fsp3) is 0.588. The van der Waals surface area contributed by atoms with E-state index in [-0.39, 0.29) is 17.9 Å². The lowest BCUT2D eigenvalue weighted by atomic mass is 10.1. The van der Waals surface area contributed by atoms with Crippen LogP contribution in [-0.2, 0) is 9.59 Å². The molecule has 2 fully saturated rings. The van der Waals surface area contributed by atoms with Crippen LogP contribution in [0.5, 0.6) is 5.75 Å². The number of hydrogen-bond donors (Lipinski definition) is 0. The zero-order valence-electron chi connectivity index (χ0n) is 14.3. The van der Waals surface area contributed by atoms with Gasteiger partial charge < -0.3 is 19.4 Å². The number of aromatic nitrogens is 1. The van der Waals surface area contributed by atoms with Crippen molar-refractivity contribution in [1.29, 1.82) is 0 Å². The van der Waals surface area contributed by atoms with Crippen molar-refractivity contribution in [2.24, 2.45) is 0 Å². The van der Waals surface area contributed by atoms with E-state index < -0.39 is 0 Å². The molecule has 7 nitrogen and oxygen atoms in total. The summed E-state index contributed by atoms with van der Waals surface area (Å²) in [6.07, 6.45) is 3.49. The Hall–Kier alpha value is -2.31. The molecule has 3 heterocycles. The second kappa shape index (κ2) is 7.07. The molecule has 24 heavy (non-hydrogen) atoms. The first kappa shape index (κ1) is 16.5. The maximum Gasteiger partial charge on any atom is 0.224 e. The molecule has 0 radical (unpaired) electrons. The molecular weight excluding hydrogens is 308 g/mol. The van der Waals surface area contributed by atoms with Gasteiger partial charge in [-0.1, -0.05) is 0 Å². The molecule has 0 aromatic carbocycles. The summed E-state index contributed by atoms with van der Waals surface area (Å²) >= 11 is 0. The number of anilines is 1. The summed E-state index contributed by atoms with van der Waals surface area (Å²) in [7, 11) is 3.41. The number of ether oxygens (including phenoxy) is 1. The van der Waals surface area contributed by atoms with Crippen LogP contribution >= 0.6 is 0 Å². The molecule has 2 aliphatic heterocycles. The molecule has 2 saturated heterocycles. The molecule has 0 aliphatic carbocycles. The van der Waals surface area contributed by atoms with Crippen LogP contribution in [0.2, 0.25) is 0 Å². The molecular formula is C17H24N4O3. The zero-order chi connectivity index (χ0) is 17.1. The Balaban J connectivity index is 1.51. The van der Waals surface area contributed by atoms with Crippen LogP contribution < -0.4 is 9.64 Å². The number of rotatable bonds is 4. The van der Waals surface area contributed by atoms with Gasteiger partial charge in [0, 0.05) is 52.1 Å². The number of carbonyl (C=O) groups is 2. The Labute approximate surface area is 142 Å². The van der Waals surface area contributed by atoms with Crippen molar-refractivity contribution in [1.82, 2.24) is 14.8 Å². The number of amides is 2. The van der Waals surface area contributed by atoms with Crippen LogP contribution in [0.4, 0.5) is 5.82 Å². The van der Waals surface area contributed by atoms with Gasteiger partial charge >= 0.3 is 0 Å². The zero-order valence-corrected chi connectivity index (χ0v) is 14.3. The van der Waals surface area contributed by atoms with Gasteiger partial charge in [0.1, 0.15) is 11.6 Å². The summed E-state index contributed by atoms with van der Waals surface area (Å²) in [5.74, 6) is 1.93. The van der Waals surface area contributed by atoms with Crippen molar-refractivity contribution in [3.8, 4) is 5.75 Å². The monoisotopic (exact) mass is 332 g/mol. The maximum atomic E-state index is 12.5. The van der Waals surface area contributed by atoms with Crippen LogP contribution in [0, 0.1) is 0 Å². The minimum atomic E-state index is 0.0614. The van der Waals surface area contributed by atoms with Crippen molar-refractivity contribution in [2.45, 2.75) is 25.3 Å². The summed E-state index contributed by atoms with van der Waals surface area (Å²) in [4.78, 5) is 34.2. The minimum absolute atomic E-state index is 0.0614. The third kappa shape index (κ3) is 3.44. The lowest BCUT2D eigenvalue weighted by molar-refractivity contribution is -0.133. The highest BCUT2D eigenvalue weighted by Gasteiger charge is 2.31. The molecule has 2 aliphatic rings. The number of methoxy groups -OCH3 is 1. The predicted octanol–water partition coefficient (Wildman–Crippen LogP) is 0.750. The molecule has 0 bridgehead atoms. The Morgan fingerprint density at radius 1 is 1.29 bits per heavy atom. The summed E-state index contributed by atoms with van der Waals surface area (Å²) in [6, 6.07) is 3.90. The van der Waals surface area contributed by atoms with Gasteiger partial charge in [-0.2, -0.15) is 0 Å². The van der Waals surface area contributed by atoms with E-state index in [4.69, 9.17) is 4.74 Å². The molecule has 0 saturated carbocycles. The summed E-state index contributed by atoms with van der Waals surface area (Å²) in [5.41, 5.74) is 0. The molecule has 1 aromatic rings. The highest BCUT2D eigenvalue weighted by Crippen LogP contribution is 2.21. The lowest BCUT2D eigenvalue weighted by Gasteiger charge is -2.36. The van der Waals surface area contributed by atoms with E-state index >= 15 is 0 Å². The standard InChI is InChI=1S/C17H24N4O3/c1-19-13(3-6-16(19)22)11-17(23)21-9-7-20(8-10-21)15-5-4-14(24-2)12-18-15/h4-5,12-13H,3,6-11H2,1-2H3. The Kier molecular flexibility index (Phi) is 4.87. The van der Waals surface area contributed by atoms with E-state index in [2.05, 4.69) is 9.88 Å². The smallest absolute Gasteiger partial charge is 0.224 e. The number of hydrogen-bond acceptors (Lipinski definition) is 5. The maximum absolute atomic E-state index is 12.5. The molecule has 3 rings (SSSR count). The van der Waals surface area contributed by atoms with Gasteiger partial charge in [-0.05, 0) is 18.6 Å². The largest absolute Gasteiger partial charge is 0.495 e. The van der Waals surface area contributed by atoms with E-state index in [1.54, 1.807) is 25.3 Å². The average Bonchev–Trinajstić information content (AvgIpc) is 2.94. The Morgan fingerprint density at radius 2 is 2.04 bits per heavy atom. The predicted molar refractivity (Wildman–Crippen MR) is 90.0 cm³/mol. The molecule has 0 N–H and O–H groups in total. The molecule has 1 atom stereocenters. The summed E-state index contributed by atoms with van der Waals surface area (Å²) < 4.78 is 5.12. The molecule has 7 heteroatoms. The number of nitrogens with zero attached hydrogens (tertiary/aromatic N) is 4. The number of carbonyl (C=O) groups excluding carboxylic acids is 2. The van der Waals surface area contributed by atoms with Gasteiger partial charge in [0.25, 0.3) is 0 Å². The molecule has 2 amide bonds. The van der Waals surface area contributed by atoms with Crippen molar-refractivity contribution < 1.29 is 14.3 Å². The van der Waals surface area contributed by atoms with Crippen molar-refractivity contribution >= 4 is 17.6 Å². The number of piperazine rings is 1. The summed E-state index contributed by atoms with van der Waals surface area (Å²) in [5, 5.41) is 0. The highest BCUT2D eigenvalue weighted by atomic mass is 16.5. The minimum Gasteiger partial charge on any atom is -0.495 e. The average molecular weight is 332 g/mol. The SMILES string of the molecule is COc1ccc(N2CCN(C(=O)CC3CCC(=O)N3C)CC2)nc1. The number of likely N-dealkylation sites (tertiary alicyclic amines) is 1. The molecule has 0 spiro atoms. The van der Waals surface area contributed by atoms with Gasteiger partial charge in [-0.15, -0.1) is 0 Å². The Bertz CT molecular complexity index is 596. The quantitative estimate of drug-likeness (QED) is 0.814. The molecule has 1 aromatic heterocycles. The lowest BCUT2D eigenvalue weighted by Crippen LogP contribution is -2.50. The second-order valence-electron chi connectivity index (χ2n) is 6.33. The van der Waals surface area contributed by atoms with Crippen LogP contribution in [0.1, 0.15) is 19.3 Å². The van der Waals surface area contributed by atoms with Crippen LogP contribution in [-0.4, -0.2) is 73.0 Å². The Morgan fingerprint density at radius 3 is 2.58 bits per heavy atom. The number of pyridine rings is 1. The second-order valence-corrected chi connectivity index (χ2v) is 6.33. The van der Waals surface area contributed by atoms with Crippen molar-refractivity contribution in [2.75, 3.05) is 45.2 Å². The third-order valence-electron chi connectivity index (χ3n) is 4.96. The third-order valence-corrected chi connectivity index (χ3v) is 4.96. The van der Waals surface area contributed by atoms with Gasteiger partial charge in [0.2, 0.25) is 11.8 Å². The van der Waals surface area contributed by atoms with E-state index in [1.165, 1.54) is 0 Å². The van der Waals surface area contributed by atoms with Crippen molar-refractivity contribution in [3.63, 3.8) is 0 Å². The molecule has 1 unspecified atom stereocenters. The fourth-order valence-electron chi connectivity index (χ4n) is 3.30. The van der Waals surface area contributed by atoms with Crippen LogP contribution in [0.15, 0.2) is 18.3 Å². The highest BCUT2D eigenvalue weighted by molar-refractivity contribution is 5.82. The van der Waals surface area contributed by atoms with Crippen LogP contribution in [0.25, 0.3) is 0 Å². The fourth-order valence-corrected chi connectivity index (χ4v) is 3.30. The van der Waals surface area contributed by atoms with Gasteiger partial charge in [0.15, 0.2) is 0 Å². The first-order valence-electron chi connectivity index (χ1n) is 8.37. The first-order valence-corrected chi connectivity index (χ1v) is 8.37. The van der Waals surface area contributed by atoms with E-state index in [0.29, 0.717) is 25.9 Å². The molecule has 130 valence electrons. The van der Waals surface area contributed by atoms with Crippen LogP contribution in [0.3, 0.4) is 0 Å². The van der Waals surface area contributed by atoms with E-state index in [1.807, 2.05) is 17.0 Å². The van der Waals surface area contributed by atoms with E-state index in [9.17, 15) is 9.59 Å². The normalized spacial score (nSPS) is 21.3. The first-order chi connectivity index (χ1) is 11.6.